The normalized spacial score (nSPS) is 12.2. The van der Waals surface area contributed by atoms with Gasteiger partial charge in [-0.15, -0.1) is 0 Å². The summed E-state index contributed by atoms with van der Waals surface area (Å²) in [5.74, 6) is 1.69. The molecular formula is C13H21NO2. The molecule has 1 atom stereocenters. The third-order valence-electron chi connectivity index (χ3n) is 2.42. The molecule has 1 unspecified atom stereocenters. The molecule has 1 rings (SSSR count). The van der Waals surface area contributed by atoms with E-state index in [2.05, 4.69) is 19.2 Å². The Morgan fingerprint density at radius 1 is 1.25 bits per heavy atom. The minimum atomic E-state index is 0.215. The van der Waals surface area contributed by atoms with Crippen LogP contribution in [0.5, 0.6) is 11.5 Å². The quantitative estimate of drug-likeness (QED) is 0.770. The SMILES string of the molecule is CCNCC(CC)Oc1cccc(OC)c1. The average molecular weight is 223 g/mol. The third-order valence-corrected chi connectivity index (χ3v) is 2.42. The summed E-state index contributed by atoms with van der Waals surface area (Å²) in [7, 11) is 1.66. The number of benzene rings is 1. The average Bonchev–Trinajstić information content (AvgIpc) is 2.34. The number of nitrogens with one attached hydrogen (secondary N) is 1. The number of rotatable bonds is 7. The fourth-order valence-electron chi connectivity index (χ4n) is 1.44. The minimum absolute atomic E-state index is 0.215. The highest BCUT2D eigenvalue weighted by Crippen LogP contribution is 2.20. The Balaban J connectivity index is 2.55. The van der Waals surface area contributed by atoms with Crippen LogP contribution in [0.15, 0.2) is 24.3 Å². The fourth-order valence-corrected chi connectivity index (χ4v) is 1.44. The Morgan fingerprint density at radius 2 is 2.00 bits per heavy atom. The highest BCUT2D eigenvalue weighted by atomic mass is 16.5. The van der Waals surface area contributed by atoms with Gasteiger partial charge in [-0.05, 0) is 25.1 Å². The first-order valence-electron chi connectivity index (χ1n) is 5.81. The molecule has 1 aromatic rings. The monoisotopic (exact) mass is 223 g/mol. The van der Waals surface area contributed by atoms with Gasteiger partial charge >= 0.3 is 0 Å². The summed E-state index contributed by atoms with van der Waals surface area (Å²) < 4.78 is 11.0. The minimum Gasteiger partial charge on any atom is -0.497 e. The van der Waals surface area contributed by atoms with Gasteiger partial charge in [0.2, 0.25) is 0 Å². The molecule has 0 amide bonds. The summed E-state index contributed by atoms with van der Waals surface area (Å²) in [4.78, 5) is 0. The Morgan fingerprint density at radius 3 is 2.62 bits per heavy atom. The molecule has 16 heavy (non-hydrogen) atoms. The standard InChI is InChI=1S/C13H21NO2/c1-4-11(10-14-5-2)16-13-8-6-7-12(9-13)15-3/h6-9,11,14H,4-5,10H2,1-3H3. The van der Waals surface area contributed by atoms with Crippen LogP contribution in [0.2, 0.25) is 0 Å². The maximum absolute atomic E-state index is 5.87. The van der Waals surface area contributed by atoms with Gasteiger partial charge in [-0.1, -0.05) is 19.9 Å². The molecule has 0 aliphatic carbocycles. The van der Waals surface area contributed by atoms with Gasteiger partial charge in [-0.25, -0.2) is 0 Å². The second-order valence-corrected chi connectivity index (χ2v) is 3.63. The Kier molecular flexibility index (Phi) is 5.72. The van der Waals surface area contributed by atoms with E-state index in [1.165, 1.54) is 0 Å². The highest BCUT2D eigenvalue weighted by molar-refractivity contribution is 5.32. The summed E-state index contributed by atoms with van der Waals surface area (Å²) >= 11 is 0. The highest BCUT2D eigenvalue weighted by Gasteiger charge is 2.07. The number of hydrogen-bond acceptors (Lipinski definition) is 3. The second-order valence-electron chi connectivity index (χ2n) is 3.63. The first-order chi connectivity index (χ1) is 7.80. The largest absolute Gasteiger partial charge is 0.497 e. The van der Waals surface area contributed by atoms with Crippen LogP contribution in [0.25, 0.3) is 0 Å². The van der Waals surface area contributed by atoms with Crippen LogP contribution >= 0.6 is 0 Å². The molecular weight excluding hydrogens is 202 g/mol. The molecule has 0 saturated carbocycles. The number of likely N-dealkylation sites (N-methyl/N-ethyl adjacent to an activating group) is 1. The van der Waals surface area contributed by atoms with Crippen molar-refractivity contribution < 1.29 is 9.47 Å². The third kappa shape index (κ3) is 4.11. The van der Waals surface area contributed by atoms with Crippen LogP contribution in [0.3, 0.4) is 0 Å². The van der Waals surface area contributed by atoms with Crippen LogP contribution in [0.1, 0.15) is 20.3 Å². The van der Waals surface area contributed by atoms with E-state index in [1.807, 2.05) is 24.3 Å². The smallest absolute Gasteiger partial charge is 0.123 e. The van der Waals surface area contributed by atoms with Gasteiger partial charge in [-0.3, -0.25) is 0 Å². The number of ether oxygens (including phenoxy) is 2. The van der Waals surface area contributed by atoms with Crippen LogP contribution < -0.4 is 14.8 Å². The number of methoxy groups -OCH3 is 1. The van der Waals surface area contributed by atoms with Crippen LogP contribution in [0.4, 0.5) is 0 Å². The molecule has 0 aromatic heterocycles. The van der Waals surface area contributed by atoms with Crippen molar-refractivity contribution in [2.24, 2.45) is 0 Å². The molecule has 0 spiro atoms. The summed E-state index contributed by atoms with van der Waals surface area (Å²) in [6.07, 6.45) is 1.21. The molecule has 3 nitrogen and oxygen atoms in total. The lowest BCUT2D eigenvalue weighted by Crippen LogP contribution is -2.30. The van der Waals surface area contributed by atoms with E-state index in [0.29, 0.717) is 0 Å². The van der Waals surface area contributed by atoms with Crippen molar-refractivity contribution in [1.82, 2.24) is 5.32 Å². The molecule has 0 aliphatic rings. The van der Waals surface area contributed by atoms with Gasteiger partial charge in [0.1, 0.15) is 17.6 Å². The zero-order valence-corrected chi connectivity index (χ0v) is 10.3. The Bertz CT molecular complexity index is 302. The number of hydrogen-bond donors (Lipinski definition) is 1. The molecule has 0 bridgehead atoms. The van der Waals surface area contributed by atoms with Crippen LogP contribution in [0, 0.1) is 0 Å². The first-order valence-corrected chi connectivity index (χ1v) is 5.81. The maximum atomic E-state index is 5.87. The lowest BCUT2D eigenvalue weighted by molar-refractivity contribution is 0.193. The van der Waals surface area contributed by atoms with Crippen molar-refractivity contribution in [2.75, 3.05) is 20.2 Å². The van der Waals surface area contributed by atoms with Crippen LogP contribution in [-0.4, -0.2) is 26.3 Å². The zero-order valence-electron chi connectivity index (χ0n) is 10.3. The van der Waals surface area contributed by atoms with E-state index in [0.717, 1.165) is 31.0 Å². The van der Waals surface area contributed by atoms with Crippen molar-refractivity contribution in [2.45, 2.75) is 26.4 Å². The lowest BCUT2D eigenvalue weighted by atomic mass is 10.2. The molecule has 0 aliphatic heterocycles. The Labute approximate surface area is 97.8 Å². The zero-order chi connectivity index (χ0) is 11.8. The molecule has 1 aromatic carbocycles. The molecule has 0 radical (unpaired) electrons. The summed E-state index contributed by atoms with van der Waals surface area (Å²) in [5.41, 5.74) is 0. The fraction of sp³-hybridized carbons (Fsp3) is 0.538. The molecule has 1 N–H and O–H groups in total. The Hall–Kier alpha value is -1.22. The lowest BCUT2D eigenvalue weighted by Gasteiger charge is -2.18. The topological polar surface area (TPSA) is 30.5 Å². The van der Waals surface area contributed by atoms with E-state index in [4.69, 9.17) is 9.47 Å². The van der Waals surface area contributed by atoms with E-state index >= 15 is 0 Å². The van der Waals surface area contributed by atoms with Crippen molar-refractivity contribution >= 4 is 0 Å². The predicted molar refractivity (Wildman–Crippen MR) is 66.2 cm³/mol. The van der Waals surface area contributed by atoms with E-state index in [-0.39, 0.29) is 6.10 Å². The summed E-state index contributed by atoms with van der Waals surface area (Å²) in [6.45, 7) is 6.07. The van der Waals surface area contributed by atoms with Crippen molar-refractivity contribution in [3.63, 3.8) is 0 Å². The molecule has 0 heterocycles. The molecule has 90 valence electrons. The van der Waals surface area contributed by atoms with Gasteiger partial charge in [-0.2, -0.15) is 0 Å². The van der Waals surface area contributed by atoms with E-state index in [9.17, 15) is 0 Å². The predicted octanol–water partition coefficient (Wildman–Crippen LogP) is 2.46. The van der Waals surface area contributed by atoms with E-state index < -0.39 is 0 Å². The van der Waals surface area contributed by atoms with Gasteiger partial charge in [0, 0.05) is 12.6 Å². The van der Waals surface area contributed by atoms with Crippen LogP contribution in [-0.2, 0) is 0 Å². The maximum Gasteiger partial charge on any atom is 0.123 e. The van der Waals surface area contributed by atoms with Gasteiger partial charge in [0.25, 0.3) is 0 Å². The van der Waals surface area contributed by atoms with Crippen molar-refractivity contribution in [3.8, 4) is 11.5 Å². The summed E-state index contributed by atoms with van der Waals surface area (Å²) in [6, 6.07) is 7.72. The van der Waals surface area contributed by atoms with Crippen molar-refractivity contribution in [1.29, 1.82) is 0 Å². The molecule has 0 fully saturated rings. The van der Waals surface area contributed by atoms with Gasteiger partial charge < -0.3 is 14.8 Å². The van der Waals surface area contributed by atoms with Crippen molar-refractivity contribution in [3.05, 3.63) is 24.3 Å². The van der Waals surface area contributed by atoms with Gasteiger partial charge in [0.15, 0.2) is 0 Å². The summed E-state index contributed by atoms with van der Waals surface area (Å²) in [5, 5.41) is 3.29. The van der Waals surface area contributed by atoms with Gasteiger partial charge in [0.05, 0.1) is 7.11 Å². The van der Waals surface area contributed by atoms with E-state index in [1.54, 1.807) is 7.11 Å². The first kappa shape index (κ1) is 12.8. The second kappa shape index (κ2) is 7.12. The molecule has 0 saturated heterocycles. The molecule has 3 heteroatoms.